The highest BCUT2D eigenvalue weighted by Crippen LogP contribution is 2.83. The largest absolute Gasteiger partial charge is 0.481 e. The lowest BCUT2D eigenvalue weighted by Crippen LogP contribution is -2.65. The summed E-state index contributed by atoms with van der Waals surface area (Å²) in [5.74, 6) is 0.254. The zero-order chi connectivity index (χ0) is 21.1. The van der Waals surface area contributed by atoms with E-state index in [0.29, 0.717) is 24.9 Å². The van der Waals surface area contributed by atoms with Crippen molar-refractivity contribution in [1.82, 2.24) is 0 Å². The van der Waals surface area contributed by atoms with Gasteiger partial charge in [0.05, 0.1) is 23.7 Å². The molecule has 1 saturated heterocycles. The average Bonchev–Trinajstić information content (AvgIpc) is 3.47. The van der Waals surface area contributed by atoms with Crippen molar-refractivity contribution in [1.29, 1.82) is 0 Å². The summed E-state index contributed by atoms with van der Waals surface area (Å²) in [5.41, 5.74) is -0.921. The molecular weight excluding hydrogens is 382 g/mol. The molecule has 0 aromatic rings. The fraction of sp³-hybridized carbons (Fsp3) is 0.792. The summed E-state index contributed by atoms with van der Waals surface area (Å²) in [6.07, 6.45) is 7.14. The third kappa shape index (κ3) is 1.71. The fourth-order valence-electron chi connectivity index (χ4n) is 9.18. The van der Waals surface area contributed by atoms with Gasteiger partial charge in [-0.2, -0.15) is 0 Å². The lowest BCUT2D eigenvalue weighted by atomic mass is 9.41. The number of carbonyl (C=O) groups is 2. The van der Waals surface area contributed by atoms with Gasteiger partial charge in [0.1, 0.15) is 11.7 Å². The number of ether oxygens (including phenoxy) is 1. The van der Waals surface area contributed by atoms with Crippen molar-refractivity contribution in [3.63, 3.8) is 0 Å². The Kier molecular flexibility index (Phi) is 3.65. The molecule has 162 valence electrons. The first-order valence-electron chi connectivity index (χ1n) is 11.6. The molecule has 6 nitrogen and oxygen atoms in total. The number of aliphatic carboxylic acids is 1. The Hall–Kier alpha value is -1.69. The molecule has 0 amide bonds. The Morgan fingerprint density at radius 1 is 1.30 bits per heavy atom. The molecule has 6 heteroatoms. The van der Waals surface area contributed by atoms with Crippen LogP contribution in [-0.2, 0) is 19.2 Å². The topological polar surface area (TPSA) is 85.2 Å². The number of hydrogen-bond acceptors (Lipinski definition) is 5. The van der Waals surface area contributed by atoms with Crippen LogP contribution in [-0.4, -0.2) is 36.0 Å². The van der Waals surface area contributed by atoms with Gasteiger partial charge in [-0.05, 0) is 55.3 Å². The number of aldehydes is 1. The fourth-order valence-corrected chi connectivity index (χ4v) is 9.18. The molecule has 5 unspecified atom stereocenters. The third-order valence-corrected chi connectivity index (χ3v) is 10.0. The highest BCUT2D eigenvalue weighted by molar-refractivity contribution is 6.04. The maximum Gasteiger partial charge on any atom is 0.315 e. The molecule has 9 atom stereocenters. The highest BCUT2D eigenvalue weighted by atomic mass is 16.8. The monoisotopic (exact) mass is 413 g/mol. The van der Waals surface area contributed by atoms with Crippen LogP contribution in [0.15, 0.2) is 16.8 Å². The summed E-state index contributed by atoms with van der Waals surface area (Å²) in [6.45, 7) is 7.04. The first kappa shape index (κ1) is 19.0. The average molecular weight is 414 g/mol. The Balaban J connectivity index is 1.65. The molecule has 2 aliphatic heterocycles. The van der Waals surface area contributed by atoms with E-state index >= 15 is 0 Å². The first-order chi connectivity index (χ1) is 14.3. The van der Waals surface area contributed by atoms with Gasteiger partial charge in [-0.25, -0.2) is 0 Å². The normalized spacial score (nSPS) is 52.7. The number of carboxylic acids is 1. The quantitative estimate of drug-likeness (QED) is 0.562. The van der Waals surface area contributed by atoms with Gasteiger partial charge in [-0.15, -0.1) is 0 Å². The zero-order valence-corrected chi connectivity index (χ0v) is 18.0. The molecule has 3 saturated carbocycles. The summed E-state index contributed by atoms with van der Waals surface area (Å²) in [6, 6.07) is 0. The number of allylic oxidation sites excluding steroid dienone is 1. The second kappa shape index (κ2) is 5.76. The molecule has 4 aliphatic carbocycles. The van der Waals surface area contributed by atoms with E-state index in [9.17, 15) is 14.7 Å². The van der Waals surface area contributed by atoms with Crippen LogP contribution in [0.25, 0.3) is 0 Å². The lowest BCUT2D eigenvalue weighted by Gasteiger charge is -2.58. The van der Waals surface area contributed by atoms with E-state index in [0.717, 1.165) is 43.3 Å². The van der Waals surface area contributed by atoms with Gasteiger partial charge >= 0.3 is 5.97 Å². The molecule has 30 heavy (non-hydrogen) atoms. The Labute approximate surface area is 177 Å². The van der Waals surface area contributed by atoms with Crippen molar-refractivity contribution in [2.45, 2.75) is 59.2 Å². The second-order valence-electron chi connectivity index (χ2n) is 11.0. The Bertz CT molecular complexity index is 894. The first-order valence-corrected chi connectivity index (χ1v) is 11.6. The van der Waals surface area contributed by atoms with Gasteiger partial charge in [0.15, 0.2) is 0 Å². The molecule has 1 N–H and O–H groups in total. The van der Waals surface area contributed by atoms with Crippen molar-refractivity contribution in [2.24, 2.45) is 56.9 Å². The van der Waals surface area contributed by atoms with Crippen molar-refractivity contribution < 1.29 is 24.3 Å². The molecule has 6 rings (SSSR count). The number of rotatable bonds is 4. The van der Waals surface area contributed by atoms with Crippen LogP contribution in [0.1, 0.15) is 52.9 Å². The SMILES string of the molecule is CC(C)C1=CC2CC3(C=O)[C@@H]4CC[C@@H](C)[C@H]4CC2(C2=NOC4OCCC24)[C@]13C(=O)O. The van der Waals surface area contributed by atoms with E-state index in [2.05, 4.69) is 32.0 Å². The summed E-state index contributed by atoms with van der Waals surface area (Å²) < 4.78 is 5.75. The molecular formula is C24H31NO5. The van der Waals surface area contributed by atoms with Crippen LogP contribution in [0.3, 0.4) is 0 Å². The van der Waals surface area contributed by atoms with Gasteiger partial charge in [0.25, 0.3) is 0 Å². The van der Waals surface area contributed by atoms with Crippen LogP contribution in [0.2, 0.25) is 0 Å². The van der Waals surface area contributed by atoms with E-state index in [-0.39, 0.29) is 23.7 Å². The van der Waals surface area contributed by atoms with Gasteiger partial charge in [-0.3, -0.25) is 4.79 Å². The summed E-state index contributed by atoms with van der Waals surface area (Å²) in [7, 11) is 0. The minimum Gasteiger partial charge on any atom is -0.481 e. The Morgan fingerprint density at radius 3 is 2.80 bits per heavy atom. The molecule has 0 aromatic heterocycles. The molecule has 6 aliphatic rings. The third-order valence-electron chi connectivity index (χ3n) is 10.0. The smallest absolute Gasteiger partial charge is 0.315 e. The van der Waals surface area contributed by atoms with Gasteiger partial charge in [-0.1, -0.05) is 44.0 Å². The lowest BCUT2D eigenvalue weighted by molar-refractivity contribution is -0.173. The molecule has 0 spiro atoms. The van der Waals surface area contributed by atoms with Crippen LogP contribution in [0.4, 0.5) is 0 Å². The number of carbonyl (C=O) groups excluding carboxylic acids is 1. The predicted octanol–water partition coefficient (Wildman–Crippen LogP) is 3.66. The number of fused-ring (bicyclic) bond motifs is 3. The van der Waals surface area contributed by atoms with Crippen molar-refractivity contribution in [3.8, 4) is 0 Å². The molecule has 4 fully saturated rings. The number of hydrogen-bond donors (Lipinski definition) is 1. The summed E-state index contributed by atoms with van der Waals surface area (Å²) >= 11 is 0. The second-order valence-corrected chi connectivity index (χ2v) is 11.0. The van der Waals surface area contributed by atoms with Crippen LogP contribution < -0.4 is 0 Å². The Morgan fingerprint density at radius 2 is 2.10 bits per heavy atom. The number of nitrogens with zero attached hydrogens (tertiary/aromatic N) is 1. The molecule has 4 bridgehead atoms. The van der Waals surface area contributed by atoms with Crippen molar-refractivity contribution in [2.75, 3.05) is 6.61 Å². The van der Waals surface area contributed by atoms with Crippen LogP contribution >= 0.6 is 0 Å². The summed E-state index contributed by atoms with van der Waals surface area (Å²) in [5, 5.41) is 15.6. The standard InChI is InChI=1S/C24H31NO5/c1-12(2)18-8-14-9-22(11-26)17-5-4-13(3)16(17)10-23(14,24(18,22)21(27)28)19-15-6-7-29-20(15)30-25-19/h8,11-17,20H,4-7,9-10H2,1-3H3,(H,27,28)/t13-,14?,15?,16-,17-,20?,22?,23?,24+/m1/s1. The molecule has 2 heterocycles. The highest BCUT2D eigenvalue weighted by Gasteiger charge is 2.86. The summed E-state index contributed by atoms with van der Waals surface area (Å²) in [4.78, 5) is 32.2. The van der Waals surface area contributed by atoms with Crippen LogP contribution in [0.5, 0.6) is 0 Å². The molecule has 0 radical (unpaired) electrons. The van der Waals surface area contributed by atoms with Gasteiger partial charge in [0.2, 0.25) is 6.29 Å². The van der Waals surface area contributed by atoms with Gasteiger partial charge in [0, 0.05) is 5.41 Å². The van der Waals surface area contributed by atoms with Crippen molar-refractivity contribution in [3.05, 3.63) is 11.6 Å². The van der Waals surface area contributed by atoms with E-state index in [4.69, 9.17) is 9.57 Å². The van der Waals surface area contributed by atoms with Gasteiger partial charge < -0.3 is 19.5 Å². The van der Waals surface area contributed by atoms with E-state index in [1.807, 2.05) is 0 Å². The van der Waals surface area contributed by atoms with E-state index < -0.39 is 28.5 Å². The minimum absolute atomic E-state index is 0.00171. The molecule has 0 aromatic carbocycles. The zero-order valence-electron chi connectivity index (χ0n) is 18.0. The maximum absolute atomic E-state index is 13.5. The van der Waals surface area contributed by atoms with E-state index in [1.54, 1.807) is 0 Å². The number of oxime groups is 1. The predicted molar refractivity (Wildman–Crippen MR) is 108 cm³/mol. The maximum atomic E-state index is 13.5. The minimum atomic E-state index is -1.22. The number of carboxylic acid groups (broad SMARTS) is 1. The van der Waals surface area contributed by atoms with E-state index in [1.165, 1.54) is 0 Å². The van der Waals surface area contributed by atoms with Crippen LogP contribution in [0, 0.1) is 51.8 Å². The van der Waals surface area contributed by atoms with Crippen molar-refractivity contribution >= 4 is 18.0 Å².